The summed E-state index contributed by atoms with van der Waals surface area (Å²) in [7, 11) is 0. The molecule has 3 rings (SSSR count). The molecule has 0 radical (unpaired) electrons. The summed E-state index contributed by atoms with van der Waals surface area (Å²) < 4.78 is 26.4. The van der Waals surface area contributed by atoms with Crippen molar-refractivity contribution in [2.75, 3.05) is 11.4 Å². The van der Waals surface area contributed by atoms with E-state index in [9.17, 15) is 13.6 Å². The zero-order valence-electron chi connectivity index (χ0n) is 12.7. The highest BCUT2D eigenvalue weighted by atomic mass is 19.1. The van der Waals surface area contributed by atoms with E-state index in [0.717, 1.165) is 30.3 Å². The molecule has 1 saturated heterocycles. The van der Waals surface area contributed by atoms with Crippen LogP contribution in [0, 0.1) is 11.6 Å². The van der Waals surface area contributed by atoms with Gasteiger partial charge in [-0.1, -0.05) is 18.2 Å². The number of nitrogens with zero attached hydrogens (tertiary/aromatic N) is 1. The number of carbonyl (C=O) groups is 1. The summed E-state index contributed by atoms with van der Waals surface area (Å²) in [6.07, 6.45) is 1.53. The monoisotopic (exact) mass is 316 g/mol. The lowest BCUT2D eigenvalue weighted by molar-refractivity contribution is -0.117. The minimum atomic E-state index is -0.571. The third kappa shape index (κ3) is 3.74. The van der Waals surface area contributed by atoms with E-state index in [-0.39, 0.29) is 5.91 Å². The summed E-state index contributed by atoms with van der Waals surface area (Å²) in [4.78, 5) is 13.5. The smallest absolute Gasteiger partial charge is 0.227 e. The van der Waals surface area contributed by atoms with Crippen molar-refractivity contribution in [2.24, 2.45) is 0 Å². The van der Waals surface area contributed by atoms with Crippen LogP contribution in [0.5, 0.6) is 0 Å². The number of amides is 1. The Morgan fingerprint density at radius 2 is 1.83 bits per heavy atom. The van der Waals surface area contributed by atoms with Crippen LogP contribution in [0.15, 0.2) is 42.5 Å². The standard InChI is InChI=1S/C18H18F2N2O/c19-15-6-5-14(17(20)10-15)12-21-11-13-3-7-16(8-4-13)22-9-1-2-18(22)23/h3-8,10,21H,1-2,9,11-12H2. The van der Waals surface area contributed by atoms with Gasteiger partial charge in [0.25, 0.3) is 0 Å². The Kier molecular flexibility index (Phi) is 4.67. The van der Waals surface area contributed by atoms with Crippen molar-refractivity contribution in [1.82, 2.24) is 5.32 Å². The lowest BCUT2D eigenvalue weighted by atomic mass is 10.1. The molecule has 2 aromatic carbocycles. The number of hydrogen-bond acceptors (Lipinski definition) is 2. The molecule has 2 aromatic rings. The van der Waals surface area contributed by atoms with Crippen LogP contribution in [0.25, 0.3) is 0 Å². The normalized spacial score (nSPS) is 14.5. The van der Waals surface area contributed by atoms with Gasteiger partial charge in [0.2, 0.25) is 5.91 Å². The number of hydrogen-bond donors (Lipinski definition) is 1. The molecule has 0 spiro atoms. The fourth-order valence-corrected chi connectivity index (χ4v) is 2.72. The van der Waals surface area contributed by atoms with Crippen LogP contribution in [0.4, 0.5) is 14.5 Å². The van der Waals surface area contributed by atoms with Gasteiger partial charge in [-0.15, -0.1) is 0 Å². The van der Waals surface area contributed by atoms with E-state index >= 15 is 0 Å². The Balaban J connectivity index is 1.55. The zero-order valence-corrected chi connectivity index (χ0v) is 12.7. The first kappa shape index (κ1) is 15.6. The zero-order chi connectivity index (χ0) is 16.2. The molecule has 1 N–H and O–H groups in total. The first-order valence-electron chi connectivity index (χ1n) is 7.67. The number of benzene rings is 2. The van der Waals surface area contributed by atoms with Crippen molar-refractivity contribution in [3.8, 4) is 0 Å². The second kappa shape index (κ2) is 6.87. The molecule has 1 heterocycles. The van der Waals surface area contributed by atoms with Gasteiger partial charge in [-0.25, -0.2) is 8.78 Å². The van der Waals surface area contributed by atoms with Crippen molar-refractivity contribution in [2.45, 2.75) is 25.9 Å². The molecule has 1 amide bonds. The molecule has 0 bridgehead atoms. The van der Waals surface area contributed by atoms with Gasteiger partial charge in [0.05, 0.1) is 0 Å². The maximum atomic E-state index is 13.5. The van der Waals surface area contributed by atoms with E-state index in [2.05, 4.69) is 5.32 Å². The number of anilines is 1. The van der Waals surface area contributed by atoms with Crippen LogP contribution in [0.2, 0.25) is 0 Å². The largest absolute Gasteiger partial charge is 0.312 e. The predicted octanol–water partition coefficient (Wildman–Crippen LogP) is 3.38. The molecule has 0 aromatic heterocycles. The lowest BCUT2D eigenvalue weighted by Gasteiger charge is -2.16. The average Bonchev–Trinajstić information content (AvgIpc) is 2.96. The average molecular weight is 316 g/mol. The molecule has 0 saturated carbocycles. The van der Waals surface area contributed by atoms with Crippen LogP contribution >= 0.6 is 0 Å². The molecule has 3 nitrogen and oxygen atoms in total. The molecule has 1 aliphatic heterocycles. The highest BCUT2D eigenvalue weighted by Gasteiger charge is 2.21. The van der Waals surface area contributed by atoms with Gasteiger partial charge in [0.15, 0.2) is 0 Å². The second-order valence-corrected chi connectivity index (χ2v) is 5.65. The molecular weight excluding hydrogens is 298 g/mol. The van der Waals surface area contributed by atoms with Gasteiger partial charge in [-0.3, -0.25) is 4.79 Å². The van der Waals surface area contributed by atoms with Crippen LogP contribution in [-0.2, 0) is 17.9 Å². The maximum absolute atomic E-state index is 13.5. The summed E-state index contributed by atoms with van der Waals surface area (Å²) in [5, 5.41) is 3.13. The summed E-state index contributed by atoms with van der Waals surface area (Å²) >= 11 is 0. The molecular formula is C18H18F2N2O. The summed E-state index contributed by atoms with van der Waals surface area (Å²) in [5.74, 6) is -0.943. The van der Waals surface area contributed by atoms with Crippen LogP contribution in [-0.4, -0.2) is 12.5 Å². The van der Waals surface area contributed by atoms with E-state index in [0.29, 0.717) is 25.1 Å². The van der Waals surface area contributed by atoms with Gasteiger partial charge in [-0.2, -0.15) is 0 Å². The minimum Gasteiger partial charge on any atom is -0.312 e. The number of nitrogens with one attached hydrogen (secondary N) is 1. The molecule has 23 heavy (non-hydrogen) atoms. The molecule has 0 atom stereocenters. The first-order valence-corrected chi connectivity index (χ1v) is 7.67. The van der Waals surface area contributed by atoms with Crippen molar-refractivity contribution in [3.05, 3.63) is 65.2 Å². The fraction of sp³-hybridized carbons (Fsp3) is 0.278. The maximum Gasteiger partial charge on any atom is 0.227 e. The highest BCUT2D eigenvalue weighted by molar-refractivity contribution is 5.95. The first-order chi connectivity index (χ1) is 11.1. The fourth-order valence-electron chi connectivity index (χ4n) is 2.72. The van der Waals surface area contributed by atoms with Gasteiger partial charge in [-0.05, 0) is 30.2 Å². The third-order valence-corrected chi connectivity index (χ3v) is 3.98. The quantitative estimate of drug-likeness (QED) is 0.917. The number of rotatable bonds is 5. The van der Waals surface area contributed by atoms with Gasteiger partial charge in [0.1, 0.15) is 11.6 Å². The topological polar surface area (TPSA) is 32.3 Å². The molecule has 5 heteroatoms. The van der Waals surface area contributed by atoms with Crippen molar-refractivity contribution in [3.63, 3.8) is 0 Å². The van der Waals surface area contributed by atoms with Crippen molar-refractivity contribution < 1.29 is 13.6 Å². The van der Waals surface area contributed by atoms with Gasteiger partial charge < -0.3 is 10.2 Å². The van der Waals surface area contributed by atoms with Gasteiger partial charge in [0, 0.05) is 43.4 Å². The molecule has 120 valence electrons. The number of carbonyl (C=O) groups excluding carboxylic acids is 1. The van der Waals surface area contributed by atoms with E-state index in [1.807, 2.05) is 24.3 Å². The van der Waals surface area contributed by atoms with E-state index in [1.165, 1.54) is 12.1 Å². The molecule has 1 fully saturated rings. The van der Waals surface area contributed by atoms with Crippen molar-refractivity contribution >= 4 is 11.6 Å². The van der Waals surface area contributed by atoms with E-state index < -0.39 is 11.6 Å². The van der Waals surface area contributed by atoms with E-state index in [1.54, 1.807) is 4.90 Å². The van der Waals surface area contributed by atoms with Crippen LogP contribution in [0.1, 0.15) is 24.0 Å². The molecule has 1 aliphatic rings. The third-order valence-electron chi connectivity index (χ3n) is 3.98. The second-order valence-electron chi connectivity index (χ2n) is 5.65. The van der Waals surface area contributed by atoms with E-state index in [4.69, 9.17) is 0 Å². The van der Waals surface area contributed by atoms with Crippen LogP contribution < -0.4 is 10.2 Å². The Labute approximate surface area is 133 Å². The highest BCUT2D eigenvalue weighted by Crippen LogP contribution is 2.21. The summed E-state index contributed by atoms with van der Waals surface area (Å²) in [6, 6.07) is 11.3. The molecule has 0 unspecified atom stereocenters. The summed E-state index contributed by atoms with van der Waals surface area (Å²) in [6.45, 7) is 1.68. The SMILES string of the molecule is O=C1CCCN1c1ccc(CNCc2ccc(F)cc2F)cc1. The molecule has 0 aliphatic carbocycles. The summed E-state index contributed by atoms with van der Waals surface area (Å²) in [5.41, 5.74) is 2.40. The Morgan fingerprint density at radius 1 is 1.04 bits per heavy atom. The number of halogens is 2. The Morgan fingerprint density at radius 3 is 2.48 bits per heavy atom. The predicted molar refractivity (Wildman–Crippen MR) is 84.9 cm³/mol. The lowest BCUT2D eigenvalue weighted by Crippen LogP contribution is -2.23. The van der Waals surface area contributed by atoms with Gasteiger partial charge >= 0.3 is 0 Å². The van der Waals surface area contributed by atoms with Crippen LogP contribution in [0.3, 0.4) is 0 Å². The Bertz CT molecular complexity index is 701. The minimum absolute atomic E-state index is 0.169. The van der Waals surface area contributed by atoms with Crippen molar-refractivity contribution in [1.29, 1.82) is 0 Å². The Hall–Kier alpha value is -2.27.